The number of hydrogen-bond donors (Lipinski definition) is 1. The number of thioether (sulfide) groups is 1. The molecule has 2 aliphatic heterocycles. The van der Waals surface area contributed by atoms with E-state index in [1.54, 1.807) is 38.4 Å². The third-order valence-electron chi connectivity index (χ3n) is 4.49. The van der Waals surface area contributed by atoms with Crippen LogP contribution in [0.4, 0.5) is 0 Å². The summed E-state index contributed by atoms with van der Waals surface area (Å²) >= 11 is 0.921. The first-order valence-electron chi connectivity index (χ1n) is 8.54. The molecule has 0 fully saturated rings. The van der Waals surface area contributed by atoms with Crippen molar-refractivity contribution in [3.63, 3.8) is 0 Å². The number of nitriles is 1. The SMILES string of the molecule is COC(=O)C1=CC(=O)N2C(N)=C(C#N)[C@@H](c3ccccc3)C(C(=O)N(C)C)=C2S1. The highest BCUT2D eigenvalue weighted by atomic mass is 32.2. The third kappa shape index (κ3) is 3.39. The summed E-state index contributed by atoms with van der Waals surface area (Å²) in [5.41, 5.74) is 7.16. The minimum atomic E-state index is -0.778. The lowest BCUT2D eigenvalue weighted by Crippen LogP contribution is -2.42. The van der Waals surface area contributed by atoms with Crippen LogP contribution >= 0.6 is 11.8 Å². The van der Waals surface area contributed by atoms with E-state index in [0.29, 0.717) is 5.56 Å². The van der Waals surface area contributed by atoms with Crippen LogP contribution in [0.2, 0.25) is 0 Å². The van der Waals surface area contributed by atoms with Crippen molar-refractivity contribution in [1.82, 2.24) is 9.80 Å². The first-order chi connectivity index (χ1) is 13.8. The molecule has 0 bridgehead atoms. The van der Waals surface area contributed by atoms with Crippen LogP contribution in [-0.4, -0.2) is 48.8 Å². The Bertz CT molecular complexity index is 1030. The van der Waals surface area contributed by atoms with Gasteiger partial charge in [-0.3, -0.25) is 14.5 Å². The molecule has 0 saturated carbocycles. The van der Waals surface area contributed by atoms with Gasteiger partial charge in [0.05, 0.1) is 35.3 Å². The highest BCUT2D eigenvalue weighted by Crippen LogP contribution is 2.48. The monoisotopic (exact) mass is 410 g/mol. The zero-order valence-electron chi connectivity index (χ0n) is 16.0. The van der Waals surface area contributed by atoms with Gasteiger partial charge in [0, 0.05) is 20.2 Å². The van der Waals surface area contributed by atoms with Crippen molar-refractivity contribution in [3.05, 3.63) is 68.9 Å². The molecule has 1 aromatic carbocycles. The van der Waals surface area contributed by atoms with Crippen molar-refractivity contribution in [1.29, 1.82) is 5.26 Å². The zero-order valence-corrected chi connectivity index (χ0v) is 16.8. The van der Waals surface area contributed by atoms with Gasteiger partial charge in [-0.05, 0) is 5.56 Å². The quantitative estimate of drug-likeness (QED) is 0.749. The second-order valence-corrected chi connectivity index (χ2v) is 7.48. The van der Waals surface area contributed by atoms with Gasteiger partial charge in [-0.1, -0.05) is 42.1 Å². The van der Waals surface area contributed by atoms with E-state index >= 15 is 0 Å². The lowest BCUT2D eigenvalue weighted by molar-refractivity contribution is -0.135. The number of amides is 2. The molecule has 0 spiro atoms. The molecular formula is C20H18N4O4S. The minimum absolute atomic E-state index is 0.0350. The largest absolute Gasteiger partial charge is 0.465 e. The molecular weight excluding hydrogens is 392 g/mol. The molecule has 2 heterocycles. The summed E-state index contributed by atoms with van der Waals surface area (Å²) in [6.07, 6.45) is 1.09. The van der Waals surface area contributed by atoms with Crippen molar-refractivity contribution in [3.8, 4) is 6.07 Å². The average molecular weight is 410 g/mol. The fourth-order valence-corrected chi connectivity index (χ4v) is 4.28. The van der Waals surface area contributed by atoms with Crippen LogP contribution in [0.25, 0.3) is 0 Å². The maximum Gasteiger partial charge on any atom is 0.344 e. The minimum Gasteiger partial charge on any atom is -0.465 e. The number of esters is 1. The normalized spacial score (nSPS) is 18.7. The summed E-state index contributed by atoms with van der Waals surface area (Å²) in [4.78, 5) is 40.5. The smallest absolute Gasteiger partial charge is 0.344 e. The zero-order chi connectivity index (χ0) is 21.3. The van der Waals surface area contributed by atoms with Crippen molar-refractivity contribution >= 4 is 29.5 Å². The number of carbonyl (C=O) groups is 3. The molecule has 0 unspecified atom stereocenters. The summed E-state index contributed by atoms with van der Waals surface area (Å²) in [6.45, 7) is 0. The van der Waals surface area contributed by atoms with Crippen LogP contribution in [0, 0.1) is 11.3 Å². The molecule has 8 nitrogen and oxygen atoms in total. The number of hydrogen-bond acceptors (Lipinski definition) is 7. The number of nitrogens with zero attached hydrogens (tertiary/aromatic N) is 3. The Morgan fingerprint density at radius 2 is 1.93 bits per heavy atom. The maximum atomic E-state index is 13.2. The summed E-state index contributed by atoms with van der Waals surface area (Å²) < 4.78 is 4.73. The topological polar surface area (TPSA) is 117 Å². The van der Waals surface area contributed by atoms with E-state index in [1.807, 2.05) is 6.07 Å². The lowest BCUT2D eigenvalue weighted by Gasteiger charge is -2.37. The second kappa shape index (κ2) is 7.85. The second-order valence-electron chi connectivity index (χ2n) is 6.45. The Morgan fingerprint density at radius 3 is 2.48 bits per heavy atom. The Hall–Kier alpha value is -3.51. The predicted octanol–water partition coefficient (Wildman–Crippen LogP) is 1.41. The Morgan fingerprint density at radius 1 is 1.28 bits per heavy atom. The molecule has 2 amide bonds. The number of carbonyl (C=O) groups excluding carboxylic acids is 3. The number of fused-ring (bicyclic) bond motifs is 1. The Labute approximate surface area is 171 Å². The molecule has 2 N–H and O–H groups in total. The van der Waals surface area contributed by atoms with Crippen molar-refractivity contribution in [2.75, 3.05) is 21.2 Å². The highest BCUT2D eigenvalue weighted by Gasteiger charge is 2.44. The molecule has 2 aliphatic rings. The summed E-state index contributed by atoms with van der Waals surface area (Å²) in [7, 11) is 4.35. The van der Waals surface area contributed by atoms with E-state index in [9.17, 15) is 19.6 Å². The van der Waals surface area contributed by atoms with Crippen LogP contribution in [0.3, 0.4) is 0 Å². The lowest BCUT2D eigenvalue weighted by atomic mass is 9.82. The molecule has 9 heteroatoms. The van der Waals surface area contributed by atoms with Gasteiger partial charge in [0.15, 0.2) is 0 Å². The standard InChI is InChI=1S/C20H18N4O4S/c1-23(2)18(26)16-15(11-7-5-4-6-8-11)12(10-21)17(22)24-14(25)9-13(20(27)28-3)29-19(16)24/h4-9,15H,22H2,1-3H3/t15-/m1/s1. The van der Waals surface area contributed by atoms with Crippen LogP contribution in [-0.2, 0) is 19.1 Å². The van der Waals surface area contributed by atoms with E-state index in [0.717, 1.165) is 22.7 Å². The van der Waals surface area contributed by atoms with Crippen LogP contribution in [0.5, 0.6) is 0 Å². The molecule has 0 aliphatic carbocycles. The molecule has 29 heavy (non-hydrogen) atoms. The van der Waals surface area contributed by atoms with E-state index in [2.05, 4.69) is 6.07 Å². The van der Waals surface area contributed by atoms with E-state index in [1.165, 1.54) is 12.0 Å². The van der Waals surface area contributed by atoms with Gasteiger partial charge in [-0.2, -0.15) is 5.26 Å². The van der Waals surface area contributed by atoms with Gasteiger partial charge in [0.25, 0.3) is 11.8 Å². The van der Waals surface area contributed by atoms with Gasteiger partial charge < -0.3 is 15.4 Å². The number of methoxy groups -OCH3 is 1. The fraction of sp³-hybridized carbons (Fsp3) is 0.200. The Kier molecular flexibility index (Phi) is 5.48. The molecule has 148 valence electrons. The predicted molar refractivity (Wildman–Crippen MR) is 106 cm³/mol. The maximum absolute atomic E-state index is 13.2. The number of nitrogens with two attached hydrogens (primary N) is 1. The first-order valence-corrected chi connectivity index (χ1v) is 9.35. The molecule has 3 rings (SSSR count). The molecule has 0 aromatic heterocycles. The summed E-state index contributed by atoms with van der Waals surface area (Å²) in [5, 5.41) is 10.0. The third-order valence-corrected chi connectivity index (χ3v) is 5.59. The number of allylic oxidation sites excluding steroid dienone is 1. The fourth-order valence-electron chi connectivity index (χ4n) is 3.15. The van der Waals surface area contributed by atoms with Crippen molar-refractivity contribution in [2.24, 2.45) is 5.73 Å². The van der Waals surface area contributed by atoms with Gasteiger partial charge in [0.1, 0.15) is 10.7 Å². The average Bonchev–Trinajstić information content (AvgIpc) is 2.72. The van der Waals surface area contributed by atoms with E-state index in [4.69, 9.17) is 10.5 Å². The van der Waals surface area contributed by atoms with Crippen LogP contribution in [0.1, 0.15) is 11.5 Å². The molecule has 0 radical (unpaired) electrons. The van der Waals surface area contributed by atoms with Gasteiger partial charge in [0.2, 0.25) is 0 Å². The highest BCUT2D eigenvalue weighted by molar-refractivity contribution is 8.07. The molecule has 1 aromatic rings. The summed E-state index contributed by atoms with van der Waals surface area (Å²) in [5.74, 6) is -2.56. The summed E-state index contributed by atoms with van der Waals surface area (Å²) in [6, 6.07) is 11.0. The number of rotatable bonds is 3. The van der Waals surface area contributed by atoms with Gasteiger partial charge in [-0.15, -0.1) is 0 Å². The molecule has 0 saturated heterocycles. The first kappa shape index (κ1) is 20.2. The van der Waals surface area contributed by atoms with Crippen molar-refractivity contribution < 1.29 is 19.1 Å². The van der Waals surface area contributed by atoms with Crippen molar-refractivity contribution in [2.45, 2.75) is 5.92 Å². The number of ether oxygens (including phenoxy) is 1. The van der Waals surface area contributed by atoms with Crippen LogP contribution < -0.4 is 5.73 Å². The molecule has 1 atom stereocenters. The van der Waals surface area contributed by atoms with Gasteiger partial charge in [-0.25, -0.2) is 4.79 Å². The Balaban J connectivity index is 2.33. The van der Waals surface area contributed by atoms with Gasteiger partial charge >= 0.3 is 5.97 Å². The number of likely N-dealkylation sites (N-methyl/N-ethyl adjacent to an activating group) is 1. The van der Waals surface area contributed by atoms with E-state index in [-0.39, 0.29) is 26.9 Å². The van der Waals surface area contributed by atoms with Crippen LogP contribution in [0.15, 0.2) is 63.3 Å². The number of benzene rings is 1. The van der Waals surface area contributed by atoms with E-state index < -0.39 is 23.7 Å².